The molecule has 2 aliphatic rings. The highest BCUT2D eigenvalue weighted by Gasteiger charge is 2.30. The molecule has 2 fully saturated rings. The van der Waals surface area contributed by atoms with Crippen molar-refractivity contribution in [2.75, 3.05) is 11.1 Å². The molecule has 2 aromatic heterocycles. The number of anilines is 1. The van der Waals surface area contributed by atoms with E-state index in [1.165, 1.54) is 68.0 Å². The maximum Gasteiger partial charge on any atom is 0.236 e. The Morgan fingerprint density at radius 3 is 2.65 bits per heavy atom. The topological polar surface area (TPSA) is 85.6 Å². The van der Waals surface area contributed by atoms with Crippen LogP contribution < -0.4 is 5.32 Å². The highest BCUT2D eigenvalue weighted by atomic mass is 32.2. The van der Waals surface area contributed by atoms with Crippen molar-refractivity contribution < 1.29 is 4.79 Å². The largest absolute Gasteiger partial charge is 0.306 e. The maximum absolute atomic E-state index is 12.3. The van der Waals surface area contributed by atoms with E-state index in [1.54, 1.807) is 0 Å². The van der Waals surface area contributed by atoms with E-state index < -0.39 is 0 Å². The number of amides is 1. The number of thioether (sulfide) groups is 1. The van der Waals surface area contributed by atoms with Crippen molar-refractivity contribution in [2.24, 2.45) is 0 Å². The molecule has 1 N–H and O–H groups in total. The third-order valence-corrected chi connectivity index (χ3v) is 6.95. The number of carbonyl (C=O) groups excluding carboxylic acids is 1. The van der Waals surface area contributed by atoms with Crippen molar-refractivity contribution in [3.05, 3.63) is 10.8 Å². The minimum absolute atomic E-state index is 0.0695. The van der Waals surface area contributed by atoms with Crippen LogP contribution in [-0.2, 0) is 11.3 Å². The summed E-state index contributed by atoms with van der Waals surface area (Å²) in [6, 6.07) is 0. The van der Waals surface area contributed by atoms with Crippen LogP contribution in [0.1, 0.15) is 74.5 Å². The van der Waals surface area contributed by atoms with Crippen molar-refractivity contribution >= 4 is 34.1 Å². The first-order valence-corrected chi connectivity index (χ1v) is 11.2. The lowest BCUT2D eigenvalue weighted by Gasteiger charge is -2.18. The molecule has 0 unspecified atom stereocenters. The van der Waals surface area contributed by atoms with Gasteiger partial charge in [-0.15, -0.1) is 20.4 Å². The average Bonchev–Trinajstić information content (AvgIpc) is 3.26. The zero-order valence-electron chi connectivity index (χ0n) is 15.0. The monoisotopic (exact) mass is 392 g/mol. The van der Waals surface area contributed by atoms with Crippen LogP contribution in [0.2, 0.25) is 0 Å². The maximum atomic E-state index is 12.3. The summed E-state index contributed by atoms with van der Waals surface area (Å²) < 4.78 is 2.13. The Morgan fingerprint density at radius 2 is 1.92 bits per heavy atom. The van der Waals surface area contributed by atoms with E-state index in [9.17, 15) is 4.79 Å². The highest BCUT2D eigenvalue weighted by molar-refractivity contribution is 7.99. The van der Waals surface area contributed by atoms with Gasteiger partial charge in [-0.25, -0.2) is 0 Å². The number of rotatable bonds is 7. The van der Waals surface area contributed by atoms with Gasteiger partial charge < -0.3 is 4.57 Å². The van der Waals surface area contributed by atoms with Crippen molar-refractivity contribution in [2.45, 2.75) is 75.4 Å². The zero-order chi connectivity index (χ0) is 17.9. The fourth-order valence-corrected chi connectivity index (χ4v) is 5.17. The van der Waals surface area contributed by atoms with Crippen LogP contribution in [0.3, 0.4) is 0 Å². The van der Waals surface area contributed by atoms with Crippen LogP contribution >= 0.6 is 23.1 Å². The second-order valence-corrected chi connectivity index (χ2v) is 8.93. The predicted molar refractivity (Wildman–Crippen MR) is 103 cm³/mol. The lowest BCUT2D eigenvalue weighted by Crippen LogP contribution is -2.14. The smallest absolute Gasteiger partial charge is 0.236 e. The molecule has 1 amide bonds. The standard InChI is InChI=1S/C17H24N6OS2/c1-2-23-14(11-8-9-11)19-22-17(23)25-10-13(24)18-16-21-20-15(26-16)12-6-4-3-5-7-12/h11-12H,2-10H2,1H3,(H,18,21,24). The molecule has 2 aromatic rings. The van der Waals surface area contributed by atoms with Gasteiger partial charge in [0.2, 0.25) is 11.0 Å². The van der Waals surface area contributed by atoms with Gasteiger partial charge in [-0.2, -0.15) is 0 Å². The number of nitrogens with one attached hydrogen (secondary N) is 1. The molecule has 2 heterocycles. The zero-order valence-corrected chi connectivity index (χ0v) is 16.6. The second-order valence-electron chi connectivity index (χ2n) is 6.98. The minimum Gasteiger partial charge on any atom is -0.306 e. The van der Waals surface area contributed by atoms with Gasteiger partial charge in [0.05, 0.1) is 5.75 Å². The third-order valence-electron chi connectivity index (χ3n) is 4.98. The summed E-state index contributed by atoms with van der Waals surface area (Å²) in [6.45, 7) is 2.93. The quantitative estimate of drug-likeness (QED) is 0.721. The Bertz CT molecular complexity index is 763. The van der Waals surface area contributed by atoms with Gasteiger partial charge in [-0.3, -0.25) is 10.1 Å². The molecule has 0 spiro atoms. The van der Waals surface area contributed by atoms with Crippen molar-refractivity contribution in [3.63, 3.8) is 0 Å². The van der Waals surface area contributed by atoms with E-state index in [1.807, 2.05) is 0 Å². The van der Waals surface area contributed by atoms with Gasteiger partial charge in [0, 0.05) is 18.4 Å². The van der Waals surface area contributed by atoms with Gasteiger partial charge in [0.15, 0.2) is 5.16 Å². The van der Waals surface area contributed by atoms with Crippen molar-refractivity contribution in [3.8, 4) is 0 Å². The Morgan fingerprint density at radius 1 is 1.12 bits per heavy atom. The molecular weight excluding hydrogens is 368 g/mol. The Labute approximate surface area is 161 Å². The molecule has 0 saturated heterocycles. The summed E-state index contributed by atoms with van der Waals surface area (Å²) >= 11 is 2.95. The van der Waals surface area contributed by atoms with Gasteiger partial charge in [-0.1, -0.05) is 42.4 Å². The van der Waals surface area contributed by atoms with Crippen LogP contribution in [0.25, 0.3) is 0 Å². The fourth-order valence-electron chi connectivity index (χ4n) is 3.43. The highest BCUT2D eigenvalue weighted by Crippen LogP contribution is 2.40. The minimum atomic E-state index is -0.0695. The number of aromatic nitrogens is 5. The summed E-state index contributed by atoms with van der Waals surface area (Å²) in [4.78, 5) is 12.3. The molecule has 0 atom stereocenters. The normalized spacial score (nSPS) is 18.2. The van der Waals surface area contributed by atoms with Crippen LogP contribution in [0.4, 0.5) is 5.13 Å². The first-order chi connectivity index (χ1) is 12.7. The van der Waals surface area contributed by atoms with Crippen LogP contribution in [0.5, 0.6) is 0 Å². The summed E-state index contributed by atoms with van der Waals surface area (Å²) in [5.41, 5.74) is 0. The van der Waals surface area contributed by atoms with Gasteiger partial charge >= 0.3 is 0 Å². The molecule has 7 nitrogen and oxygen atoms in total. The molecule has 26 heavy (non-hydrogen) atoms. The van der Waals surface area contributed by atoms with Crippen molar-refractivity contribution in [1.29, 1.82) is 0 Å². The molecule has 2 saturated carbocycles. The molecule has 0 radical (unpaired) electrons. The Kier molecular flexibility index (Phi) is 5.54. The van der Waals surface area contributed by atoms with E-state index in [0.717, 1.165) is 22.5 Å². The lowest BCUT2D eigenvalue weighted by molar-refractivity contribution is -0.113. The number of nitrogens with zero attached hydrogens (tertiary/aromatic N) is 5. The third kappa shape index (κ3) is 4.09. The summed E-state index contributed by atoms with van der Waals surface area (Å²) in [7, 11) is 0. The van der Waals surface area contributed by atoms with Crippen LogP contribution in [0, 0.1) is 0 Å². The van der Waals surface area contributed by atoms with Gasteiger partial charge in [-0.05, 0) is 32.6 Å². The Hall–Kier alpha value is -1.48. The molecule has 2 aliphatic carbocycles. The summed E-state index contributed by atoms with van der Waals surface area (Å²) in [5.74, 6) is 2.38. The molecule has 9 heteroatoms. The molecule has 140 valence electrons. The van der Waals surface area contributed by atoms with E-state index in [2.05, 4.69) is 37.2 Å². The number of carbonyl (C=O) groups is 1. The predicted octanol–water partition coefficient (Wildman–Crippen LogP) is 3.81. The molecule has 4 rings (SSSR count). The van der Waals surface area contributed by atoms with Crippen molar-refractivity contribution in [1.82, 2.24) is 25.0 Å². The van der Waals surface area contributed by atoms with E-state index in [4.69, 9.17) is 0 Å². The van der Waals surface area contributed by atoms with E-state index in [0.29, 0.717) is 22.7 Å². The SMILES string of the molecule is CCn1c(SCC(=O)Nc2nnc(C3CCCCC3)s2)nnc1C1CC1. The van der Waals surface area contributed by atoms with E-state index in [-0.39, 0.29) is 5.91 Å². The molecule has 0 aliphatic heterocycles. The first-order valence-electron chi connectivity index (χ1n) is 9.43. The fraction of sp³-hybridized carbons (Fsp3) is 0.706. The number of hydrogen-bond donors (Lipinski definition) is 1. The average molecular weight is 393 g/mol. The second kappa shape index (κ2) is 8.04. The molecule has 0 bridgehead atoms. The molecule has 0 aromatic carbocycles. The van der Waals surface area contributed by atoms with Gasteiger partial charge in [0.1, 0.15) is 10.8 Å². The summed E-state index contributed by atoms with van der Waals surface area (Å²) in [5, 5.41) is 22.4. The van der Waals surface area contributed by atoms with Crippen LogP contribution in [0.15, 0.2) is 5.16 Å². The van der Waals surface area contributed by atoms with Crippen LogP contribution in [-0.4, -0.2) is 36.6 Å². The number of hydrogen-bond acceptors (Lipinski definition) is 7. The first kappa shape index (κ1) is 17.9. The van der Waals surface area contributed by atoms with Gasteiger partial charge in [0.25, 0.3) is 0 Å². The molecular formula is C17H24N6OS2. The Balaban J connectivity index is 1.31. The van der Waals surface area contributed by atoms with E-state index >= 15 is 0 Å². The summed E-state index contributed by atoms with van der Waals surface area (Å²) in [6.07, 6.45) is 8.63. The lowest BCUT2D eigenvalue weighted by atomic mass is 9.90.